The number of Topliss-reactive ketones (excluding diaryl/α,β-unsaturated/α-hetero) is 1. The third-order valence-electron chi connectivity index (χ3n) is 3.48. The van der Waals surface area contributed by atoms with Crippen LogP contribution in [0.4, 0.5) is 17.6 Å². The maximum absolute atomic E-state index is 13.1. The van der Waals surface area contributed by atoms with Crippen molar-refractivity contribution in [2.75, 3.05) is 0 Å². The van der Waals surface area contributed by atoms with Gasteiger partial charge >= 0.3 is 6.18 Å². The highest BCUT2D eigenvalue weighted by molar-refractivity contribution is 6.02. The Labute approximate surface area is 125 Å². The van der Waals surface area contributed by atoms with Gasteiger partial charge in [-0.05, 0) is 30.2 Å². The molecule has 2 aromatic rings. The van der Waals surface area contributed by atoms with Gasteiger partial charge in [0.1, 0.15) is 5.82 Å². The molecule has 2 aromatic carbocycles. The number of carbonyl (C=O) groups is 1. The first kappa shape index (κ1) is 16.2. The molecule has 0 aliphatic rings. The maximum atomic E-state index is 13.1. The van der Waals surface area contributed by atoms with E-state index >= 15 is 0 Å². The van der Waals surface area contributed by atoms with Crippen LogP contribution >= 0.6 is 0 Å². The number of hydrogen-bond donors (Lipinski definition) is 0. The van der Waals surface area contributed by atoms with Crippen molar-refractivity contribution in [2.24, 2.45) is 0 Å². The minimum absolute atomic E-state index is 0.359. The number of carbonyl (C=O) groups excluding carboxylic acids is 1. The van der Waals surface area contributed by atoms with E-state index in [0.29, 0.717) is 18.1 Å². The smallest absolute Gasteiger partial charge is 0.293 e. The Morgan fingerprint density at radius 3 is 2.27 bits per heavy atom. The number of halogens is 4. The summed E-state index contributed by atoms with van der Waals surface area (Å²) >= 11 is 0. The third-order valence-corrected chi connectivity index (χ3v) is 3.48. The Morgan fingerprint density at radius 1 is 1.09 bits per heavy atom. The molecular weight excluding hydrogens is 296 g/mol. The zero-order valence-electron chi connectivity index (χ0n) is 11.8. The standard InChI is InChI=1S/C17H14F4O/c1-2-13(11-6-4-3-5-7-11)16(22)14-9-8-12(18)10-15(14)17(19,20)21/h3-10,13H,2H2,1H3. The molecule has 0 radical (unpaired) electrons. The highest BCUT2D eigenvalue weighted by atomic mass is 19.4. The SMILES string of the molecule is CCC(C(=O)c1ccc(F)cc1C(F)(F)F)c1ccccc1. The second kappa shape index (κ2) is 6.30. The third kappa shape index (κ3) is 3.35. The molecule has 0 N–H and O–H groups in total. The summed E-state index contributed by atoms with van der Waals surface area (Å²) in [5.74, 6) is -2.36. The molecule has 0 aliphatic heterocycles. The van der Waals surface area contributed by atoms with Crippen LogP contribution in [0.3, 0.4) is 0 Å². The molecule has 0 aromatic heterocycles. The molecule has 1 nitrogen and oxygen atoms in total. The van der Waals surface area contributed by atoms with Gasteiger partial charge < -0.3 is 0 Å². The highest BCUT2D eigenvalue weighted by Crippen LogP contribution is 2.35. The Hall–Kier alpha value is -2.17. The summed E-state index contributed by atoms with van der Waals surface area (Å²) in [6.07, 6.45) is -4.42. The first-order valence-electron chi connectivity index (χ1n) is 6.80. The topological polar surface area (TPSA) is 17.1 Å². The van der Waals surface area contributed by atoms with Gasteiger partial charge in [-0.2, -0.15) is 13.2 Å². The Bertz CT molecular complexity index is 662. The first-order valence-corrected chi connectivity index (χ1v) is 6.80. The Kier molecular flexibility index (Phi) is 4.64. The zero-order valence-corrected chi connectivity index (χ0v) is 11.8. The summed E-state index contributed by atoms with van der Waals surface area (Å²) in [6.45, 7) is 1.73. The van der Waals surface area contributed by atoms with Crippen molar-refractivity contribution in [2.45, 2.75) is 25.4 Å². The van der Waals surface area contributed by atoms with Gasteiger partial charge in [0.05, 0.1) is 5.56 Å². The lowest BCUT2D eigenvalue weighted by Crippen LogP contribution is -2.18. The summed E-state index contributed by atoms with van der Waals surface area (Å²) < 4.78 is 52.3. The van der Waals surface area contributed by atoms with Crippen molar-refractivity contribution < 1.29 is 22.4 Å². The van der Waals surface area contributed by atoms with Crippen molar-refractivity contribution in [3.63, 3.8) is 0 Å². The molecule has 0 saturated heterocycles. The predicted octanol–water partition coefficient (Wildman–Crippen LogP) is 5.22. The monoisotopic (exact) mass is 310 g/mol. The van der Waals surface area contributed by atoms with Crippen LogP contribution in [0.25, 0.3) is 0 Å². The van der Waals surface area contributed by atoms with Gasteiger partial charge in [0.25, 0.3) is 0 Å². The van der Waals surface area contributed by atoms with Crippen molar-refractivity contribution in [3.05, 3.63) is 71.0 Å². The molecule has 0 spiro atoms. The molecule has 0 fully saturated rings. The van der Waals surface area contributed by atoms with Gasteiger partial charge in [-0.1, -0.05) is 37.3 Å². The number of ketones is 1. The van der Waals surface area contributed by atoms with E-state index in [0.717, 1.165) is 12.1 Å². The molecule has 1 atom stereocenters. The average Bonchev–Trinajstić information content (AvgIpc) is 2.48. The summed E-state index contributed by atoms with van der Waals surface area (Å²) in [4.78, 5) is 12.5. The normalized spacial score (nSPS) is 13.0. The lowest BCUT2D eigenvalue weighted by Gasteiger charge is -2.18. The Balaban J connectivity index is 2.49. The molecule has 116 valence electrons. The maximum Gasteiger partial charge on any atom is 0.417 e. The Morgan fingerprint density at radius 2 is 1.73 bits per heavy atom. The van der Waals surface area contributed by atoms with Gasteiger partial charge in [0.15, 0.2) is 5.78 Å². The number of rotatable bonds is 4. The summed E-state index contributed by atoms with van der Waals surface area (Å²) in [7, 11) is 0. The molecular formula is C17H14F4O. The molecule has 0 amide bonds. The second-order valence-corrected chi connectivity index (χ2v) is 4.92. The van der Waals surface area contributed by atoms with Crippen molar-refractivity contribution >= 4 is 5.78 Å². The lowest BCUT2D eigenvalue weighted by atomic mass is 9.87. The highest BCUT2D eigenvalue weighted by Gasteiger charge is 2.37. The van der Waals surface area contributed by atoms with Gasteiger partial charge in [0, 0.05) is 11.5 Å². The van der Waals surface area contributed by atoms with Crippen LogP contribution in [0.15, 0.2) is 48.5 Å². The van der Waals surface area contributed by atoms with Crippen molar-refractivity contribution in [1.82, 2.24) is 0 Å². The largest absolute Gasteiger partial charge is 0.417 e. The van der Waals surface area contributed by atoms with Crippen LogP contribution in [0.5, 0.6) is 0 Å². The van der Waals surface area contributed by atoms with E-state index in [1.165, 1.54) is 0 Å². The van der Waals surface area contributed by atoms with Crippen LogP contribution in [0.2, 0.25) is 0 Å². The molecule has 0 aliphatic carbocycles. The molecule has 0 bridgehead atoms. The average molecular weight is 310 g/mol. The quantitative estimate of drug-likeness (QED) is 0.559. The van der Waals surface area contributed by atoms with Gasteiger partial charge in [0.2, 0.25) is 0 Å². The lowest BCUT2D eigenvalue weighted by molar-refractivity contribution is -0.138. The van der Waals surface area contributed by atoms with E-state index in [1.54, 1.807) is 37.3 Å². The molecule has 0 heterocycles. The van der Waals surface area contributed by atoms with Crippen LogP contribution < -0.4 is 0 Å². The molecule has 2 rings (SSSR count). The number of alkyl halides is 3. The fourth-order valence-corrected chi connectivity index (χ4v) is 2.41. The van der Waals surface area contributed by atoms with E-state index < -0.39 is 34.8 Å². The fraction of sp³-hybridized carbons (Fsp3) is 0.235. The predicted molar refractivity (Wildman–Crippen MR) is 75.2 cm³/mol. The molecule has 1 unspecified atom stereocenters. The minimum atomic E-state index is -4.78. The second-order valence-electron chi connectivity index (χ2n) is 4.92. The van der Waals surface area contributed by atoms with Crippen LogP contribution in [0.1, 0.15) is 40.7 Å². The first-order chi connectivity index (χ1) is 10.3. The summed E-state index contributed by atoms with van der Waals surface area (Å²) in [6, 6.07) is 10.8. The van der Waals surface area contributed by atoms with Gasteiger partial charge in [-0.15, -0.1) is 0 Å². The fourth-order valence-electron chi connectivity index (χ4n) is 2.41. The van der Waals surface area contributed by atoms with Crippen LogP contribution in [0, 0.1) is 5.82 Å². The zero-order chi connectivity index (χ0) is 16.3. The minimum Gasteiger partial charge on any atom is -0.293 e. The molecule has 0 saturated carbocycles. The van der Waals surface area contributed by atoms with E-state index in [-0.39, 0.29) is 0 Å². The van der Waals surface area contributed by atoms with Gasteiger partial charge in [-0.25, -0.2) is 4.39 Å². The van der Waals surface area contributed by atoms with E-state index in [9.17, 15) is 22.4 Å². The van der Waals surface area contributed by atoms with E-state index in [1.807, 2.05) is 0 Å². The number of hydrogen-bond acceptors (Lipinski definition) is 1. The van der Waals surface area contributed by atoms with Crippen molar-refractivity contribution in [3.8, 4) is 0 Å². The molecule has 22 heavy (non-hydrogen) atoms. The van der Waals surface area contributed by atoms with Crippen molar-refractivity contribution in [1.29, 1.82) is 0 Å². The van der Waals surface area contributed by atoms with Gasteiger partial charge in [-0.3, -0.25) is 4.79 Å². The molecule has 5 heteroatoms. The van der Waals surface area contributed by atoms with Crippen LogP contribution in [-0.4, -0.2) is 5.78 Å². The summed E-state index contributed by atoms with van der Waals surface area (Å²) in [5, 5.41) is 0. The van der Waals surface area contributed by atoms with Crippen LogP contribution in [-0.2, 0) is 6.18 Å². The van der Waals surface area contributed by atoms with E-state index in [4.69, 9.17) is 0 Å². The number of benzene rings is 2. The summed E-state index contributed by atoms with van der Waals surface area (Å²) in [5.41, 5.74) is -1.08. The van der Waals surface area contributed by atoms with E-state index in [2.05, 4.69) is 0 Å².